The van der Waals surface area contributed by atoms with Gasteiger partial charge in [-0.1, -0.05) is 28.1 Å². The SMILES string of the molecule is Cn1c(Cc2ccc(Br)cc2)nc2c1CCNC2. The third-order valence-electron chi connectivity index (χ3n) is 3.50. The van der Waals surface area contributed by atoms with Gasteiger partial charge in [-0.05, 0) is 17.7 Å². The molecular weight excluding hydrogens is 290 g/mol. The topological polar surface area (TPSA) is 29.9 Å². The Labute approximate surface area is 115 Å². The molecule has 0 spiro atoms. The quantitative estimate of drug-likeness (QED) is 0.923. The number of hydrogen-bond acceptors (Lipinski definition) is 2. The molecule has 1 aromatic heterocycles. The highest BCUT2D eigenvalue weighted by atomic mass is 79.9. The van der Waals surface area contributed by atoms with E-state index >= 15 is 0 Å². The van der Waals surface area contributed by atoms with E-state index in [4.69, 9.17) is 4.98 Å². The van der Waals surface area contributed by atoms with Crippen molar-refractivity contribution in [2.75, 3.05) is 6.54 Å². The summed E-state index contributed by atoms with van der Waals surface area (Å²) >= 11 is 3.46. The number of hydrogen-bond donors (Lipinski definition) is 1. The summed E-state index contributed by atoms with van der Waals surface area (Å²) in [6.45, 7) is 1.97. The monoisotopic (exact) mass is 305 g/mol. The number of aromatic nitrogens is 2. The average molecular weight is 306 g/mol. The number of rotatable bonds is 2. The lowest BCUT2D eigenvalue weighted by Gasteiger charge is -2.13. The molecule has 18 heavy (non-hydrogen) atoms. The van der Waals surface area contributed by atoms with Crippen molar-refractivity contribution in [2.45, 2.75) is 19.4 Å². The summed E-state index contributed by atoms with van der Waals surface area (Å²) in [5, 5.41) is 3.37. The van der Waals surface area contributed by atoms with Crippen LogP contribution in [0.5, 0.6) is 0 Å². The first-order valence-corrected chi connectivity index (χ1v) is 7.02. The highest BCUT2D eigenvalue weighted by Gasteiger charge is 2.17. The van der Waals surface area contributed by atoms with E-state index in [1.165, 1.54) is 17.0 Å². The molecule has 3 nitrogen and oxygen atoms in total. The number of halogens is 1. The van der Waals surface area contributed by atoms with Crippen LogP contribution >= 0.6 is 15.9 Å². The van der Waals surface area contributed by atoms with Crippen LogP contribution in [0.4, 0.5) is 0 Å². The van der Waals surface area contributed by atoms with Gasteiger partial charge in [0.1, 0.15) is 5.82 Å². The summed E-state index contributed by atoms with van der Waals surface area (Å²) in [5.41, 5.74) is 3.91. The molecule has 0 bridgehead atoms. The Morgan fingerprint density at radius 2 is 2.11 bits per heavy atom. The number of benzene rings is 1. The van der Waals surface area contributed by atoms with Crippen molar-refractivity contribution in [3.63, 3.8) is 0 Å². The third-order valence-corrected chi connectivity index (χ3v) is 4.02. The van der Waals surface area contributed by atoms with E-state index in [2.05, 4.69) is 57.1 Å². The standard InChI is InChI=1S/C14H16BrN3/c1-18-13-6-7-16-9-12(13)17-14(18)8-10-2-4-11(15)5-3-10/h2-5,16H,6-9H2,1H3. The van der Waals surface area contributed by atoms with Crippen LogP contribution in [0.1, 0.15) is 22.8 Å². The lowest BCUT2D eigenvalue weighted by Crippen LogP contribution is -2.24. The third kappa shape index (κ3) is 2.22. The van der Waals surface area contributed by atoms with Gasteiger partial charge in [0.05, 0.1) is 5.69 Å². The summed E-state index contributed by atoms with van der Waals surface area (Å²) in [5.74, 6) is 1.16. The molecule has 1 N–H and O–H groups in total. The molecule has 0 saturated heterocycles. The Morgan fingerprint density at radius 3 is 2.83 bits per heavy atom. The Balaban J connectivity index is 1.88. The molecule has 0 fully saturated rings. The smallest absolute Gasteiger partial charge is 0.113 e. The summed E-state index contributed by atoms with van der Waals surface area (Å²) in [6.07, 6.45) is 1.98. The van der Waals surface area contributed by atoms with Crippen molar-refractivity contribution in [1.82, 2.24) is 14.9 Å². The molecule has 0 unspecified atom stereocenters. The van der Waals surface area contributed by atoms with Gasteiger partial charge < -0.3 is 9.88 Å². The second-order valence-electron chi connectivity index (χ2n) is 4.71. The second kappa shape index (κ2) is 4.86. The highest BCUT2D eigenvalue weighted by molar-refractivity contribution is 9.10. The summed E-state index contributed by atoms with van der Waals surface area (Å²) in [6, 6.07) is 8.46. The first-order valence-electron chi connectivity index (χ1n) is 6.22. The van der Waals surface area contributed by atoms with Crippen LogP contribution in [0.2, 0.25) is 0 Å². The van der Waals surface area contributed by atoms with Gasteiger partial charge in [-0.3, -0.25) is 0 Å². The average Bonchev–Trinajstić information content (AvgIpc) is 2.70. The molecule has 0 radical (unpaired) electrons. The first kappa shape index (κ1) is 11.9. The fourth-order valence-corrected chi connectivity index (χ4v) is 2.72. The van der Waals surface area contributed by atoms with Crippen LogP contribution in [-0.2, 0) is 26.4 Å². The van der Waals surface area contributed by atoms with Crippen LogP contribution < -0.4 is 5.32 Å². The maximum atomic E-state index is 4.76. The molecular formula is C14H16BrN3. The molecule has 2 aromatic rings. The first-order chi connectivity index (χ1) is 8.74. The zero-order chi connectivity index (χ0) is 12.5. The number of nitrogens with zero attached hydrogens (tertiary/aromatic N) is 2. The Hall–Kier alpha value is -1.13. The second-order valence-corrected chi connectivity index (χ2v) is 5.63. The highest BCUT2D eigenvalue weighted by Crippen LogP contribution is 2.18. The number of nitrogens with one attached hydrogen (secondary N) is 1. The van der Waals surface area contributed by atoms with E-state index in [1.807, 2.05) is 0 Å². The van der Waals surface area contributed by atoms with E-state index in [0.717, 1.165) is 36.2 Å². The summed E-state index contributed by atoms with van der Waals surface area (Å²) < 4.78 is 3.38. The van der Waals surface area contributed by atoms with Gasteiger partial charge >= 0.3 is 0 Å². The lowest BCUT2D eigenvalue weighted by atomic mass is 10.1. The Morgan fingerprint density at radius 1 is 1.33 bits per heavy atom. The molecule has 2 heterocycles. The fraction of sp³-hybridized carbons (Fsp3) is 0.357. The number of fused-ring (bicyclic) bond motifs is 1. The van der Waals surface area contributed by atoms with Gasteiger partial charge in [0, 0.05) is 43.1 Å². The predicted octanol–water partition coefficient (Wildman–Crippen LogP) is 2.42. The van der Waals surface area contributed by atoms with Gasteiger partial charge in [-0.2, -0.15) is 0 Å². The minimum atomic E-state index is 0.900. The van der Waals surface area contributed by atoms with Gasteiger partial charge in [0.25, 0.3) is 0 Å². The minimum absolute atomic E-state index is 0.900. The molecule has 1 aromatic carbocycles. The molecule has 1 aliphatic heterocycles. The number of imidazole rings is 1. The van der Waals surface area contributed by atoms with Crippen LogP contribution in [0, 0.1) is 0 Å². The van der Waals surface area contributed by atoms with E-state index in [0.29, 0.717) is 0 Å². The minimum Gasteiger partial charge on any atom is -0.334 e. The zero-order valence-corrected chi connectivity index (χ0v) is 12.0. The van der Waals surface area contributed by atoms with E-state index in [1.54, 1.807) is 0 Å². The van der Waals surface area contributed by atoms with Crippen molar-refractivity contribution < 1.29 is 0 Å². The van der Waals surface area contributed by atoms with Gasteiger partial charge in [-0.15, -0.1) is 0 Å². The maximum absolute atomic E-state index is 4.76. The summed E-state index contributed by atoms with van der Waals surface area (Å²) in [4.78, 5) is 4.76. The molecule has 0 aliphatic carbocycles. The molecule has 0 atom stereocenters. The normalized spacial score (nSPS) is 14.6. The lowest BCUT2D eigenvalue weighted by molar-refractivity contribution is 0.610. The van der Waals surface area contributed by atoms with Crippen LogP contribution in [0.15, 0.2) is 28.7 Å². The summed E-state index contributed by atoms with van der Waals surface area (Å²) in [7, 11) is 2.13. The largest absolute Gasteiger partial charge is 0.334 e. The molecule has 0 saturated carbocycles. The molecule has 94 valence electrons. The van der Waals surface area contributed by atoms with Crippen molar-refractivity contribution in [2.24, 2.45) is 7.05 Å². The Bertz CT molecular complexity index is 557. The molecule has 3 rings (SSSR count). The molecule has 0 amide bonds. The van der Waals surface area contributed by atoms with Gasteiger partial charge in [0.15, 0.2) is 0 Å². The van der Waals surface area contributed by atoms with Gasteiger partial charge in [-0.25, -0.2) is 4.98 Å². The van der Waals surface area contributed by atoms with E-state index < -0.39 is 0 Å². The van der Waals surface area contributed by atoms with E-state index in [-0.39, 0.29) is 0 Å². The van der Waals surface area contributed by atoms with Crippen molar-refractivity contribution in [3.05, 3.63) is 51.5 Å². The predicted molar refractivity (Wildman–Crippen MR) is 75.6 cm³/mol. The van der Waals surface area contributed by atoms with Crippen molar-refractivity contribution in [1.29, 1.82) is 0 Å². The molecule has 4 heteroatoms. The fourth-order valence-electron chi connectivity index (χ4n) is 2.45. The van der Waals surface area contributed by atoms with Crippen LogP contribution in [0.25, 0.3) is 0 Å². The van der Waals surface area contributed by atoms with E-state index in [9.17, 15) is 0 Å². The van der Waals surface area contributed by atoms with Crippen LogP contribution in [-0.4, -0.2) is 16.1 Å². The maximum Gasteiger partial charge on any atom is 0.113 e. The van der Waals surface area contributed by atoms with Gasteiger partial charge in [0.2, 0.25) is 0 Å². The molecule has 1 aliphatic rings. The van der Waals surface area contributed by atoms with Crippen molar-refractivity contribution >= 4 is 15.9 Å². The Kier molecular flexibility index (Phi) is 3.22. The van der Waals surface area contributed by atoms with Crippen molar-refractivity contribution in [3.8, 4) is 0 Å². The van der Waals surface area contributed by atoms with Crippen LogP contribution in [0.3, 0.4) is 0 Å². The zero-order valence-electron chi connectivity index (χ0n) is 10.4.